The summed E-state index contributed by atoms with van der Waals surface area (Å²) in [5.41, 5.74) is 2.47. The van der Waals surface area contributed by atoms with E-state index in [2.05, 4.69) is 4.98 Å². The number of nitrogens with zero attached hydrogens (tertiary/aromatic N) is 2. The van der Waals surface area contributed by atoms with Crippen LogP contribution in [0.5, 0.6) is 5.75 Å². The molecule has 4 rings (SSSR count). The summed E-state index contributed by atoms with van der Waals surface area (Å²) in [7, 11) is 3.11. The van der Waals surface area contributed by atoms with E-state index in [0.717, 1.165) is 0 Å². The molecule has 0 unspecified atom stereocenters. The van der Waals surface area contributed by atoms with Gasteiger partial charge in [-0.1, -0.05) is 6.92 Å². The van der Waals surface area contributed by atoms with Gasteiger partial charge >= 0.3 is 0 Å². The van der Waals surface area contributed by atoms with E-state index < -0.39 is 64.0 Å². The van der Waals surface area contributed by atoms with Crippen molar-refractivity contribution in [3.8, 4) is 5.75 Å². The van der Waals surface area contributed by atoms with Crippen LogP contribution in [0.1, 0.15) is 36.1 Å². The van der Waals surface area contributed by atoms with E-state index in [9.17, 15) is 34.8 Å². The maximum Gasteiger partial charge on any atom is 0.255 e. The molecule has 6 N–H and O–H groups in total. The van der Waals surface area contributed by atoms with Crippen LogP contribution < -0.4 is 5.73 Å². The van der Waals surface area contributed by atoms with Crippen molar-refractivity contribution in [3.63, 3.8) is 0 Å². The van der Waals surface area contributed by atoms with Gasteiger partial charge in [-0.2, -0.15) is 0 Å². The number of aryl methyl sites for hydroxylation is 1. The number of aromatic nitrogens is 1. The van der Waals surface area contributed by atoms with Crippen molar-refractivity contribution >= 4 is 23.2 Å². The Labute approximate surface area is 183 Å². The van der Waals surface area contributed by atoms with Crippen LogP contribution in [-0.4, -0.2) is 73.5 Å². The monoisotopic (exact) mass is 443 g/mol. The highest BCUT2D eigenvalue weighted by atomic mass is 16.3. The molecule has 0 bridgehead atoms. The Morgan fingerprint density at radius 1 is 1.25 bits per heavy atom. The van der Waals surface area contributed by atoms with Crippen LogP contribution in [0.4, 0.5) is 0 Å². The van der Waals surface area contributed by atoms with Crippen molar-refractivity contribution in [1.82, 2.24) is 9.88 Å². The molecule has 1 aromatic rings. The molecule has 3 aliphatic rings. The molecule has 170 valence electrons. The molecule has 3 aliphatic carbocycles. The quantitative estimate of drug-likeness (QED) is 0.401. The first-order chi connectivity index (χ1) is 14.8. The van der Waals surface area contributed by atoms with Crippen molar-refractivity contribution < 1.29 is 34.8 Å². The fourth-order valence-electron chi connectivity index (χ4n) is 5.51. The summed E-state index contributed by atoms with van der Waals surface area (Å²) in [4.78, 5) is 44.3. The maximum atomic E-state index is 13.7. The van der Waals surface area contributed by atoms with E-state index in [-0.39, 0.29) is 29.0 Å². The largest absolute Gasteiger partial charge is 0.508 e. The number of aromatic hydroxyl groups is 1. The summed E-state index contributed by atoms with van der Waals surface area (Å²) in [5, 5.41) is 43.9. The van der Waals surface area contributed by atoms with E-state index >= 15 is 0 Å². The minimum atomic E-state index is -2.64. The van der Waals surface area contributed by atoms with E-state index in [1.54, 1.807) is 27.9 Å². The van der Waals surface area contributed by atoms with Crippen LogP contribution in [0.15, 0.2) is 23.1 Å². The number of primary amides is 1. The third-order valence-corrected chi connectivity index (χ3v) is 7.15. The van der Waals surface area contributed by atoms with Gasteiger partial charge in [-0.05, 0) is 44.8 Å². The summed E-state index contributed by atoms with van der Waals surface area (Å²) >= 11 is 0. The number of rotatable bonds is 2. The third-order valence-electron chi connectivity index (χ3n) is 7.15. The van der Waals surface area contributed by atoms with Gasteiger partial charge in [0, 0.05) is 17.7 Å². The summed E-state index contributed by atoms with van der Waals surface area (Å²) in [5.74, 6) is -7.10. The fraction of sp³-hybridized carbons (Fsp3) is 0.455. The van der Waals surface area contributed by atoms with E-state index in [0.29, 0.717) is 5.56 Å². The average molecular weight is 443 g/mol. The zero-order valence-corrected chi connectivity index (χ0v) is 18.1. The van der Waals surface area contributed by atoms with Crippen molar-refractivity contribution in [2.75, 3.05) is 14.1 Å². The molecule has 10 heteroatoms. The molecule has 0 spiro atoms. The number of aliphatic hydroxyl groups excluding tert-OH is 2. The van der Waals surface area contributed by atoms with Gasteiger partial charge in [0.15, 0.2) is 11.4 Å². The number of likely N-dealkylation sites (N-methyl/N-ethyl adjacent to an activating group) is 1. The van der Waals surface area contributed by atoms with E-state index in [1.807, 2.05) is 0 Å². The van der Waals surface area contributed by atoms with Crippen molar-refractivity contribution in [1.29, 1.82) is 0 Å². The number of amides is 1. The number of carbonyl (C=O) groups is 3. The number of hydrogen-bond acceptors (Lipinski definition) is 9. The Morgan fingerprint density at radius 3 is 2.44 bits per heavy atom. The number of fused-ring (bicyclic) bond motifs is 3. The van der Waals surface area contributed by atoms with E-state index in [1.165, 1.54) is 11.1 Å². The number of hydrogen-bond donors (Lipinski definition) is 5. The van der Waals surface area contributed by atoms with Crippen LogP contribution in [-0.2, 0) is 14.4 Å². The molecule has 32 heavy (non-hydrogen) atoms. The Bertz CT molecular complexity index is 1150. The van der Waals surface area contributed by atoms with Gasteiger partial charge in [0.1, 0.15) is 22.8 Å². The number of aliphatic hydroxyl groups is 3. The Kier molecular flexibility index (Phi) is 4.72. The summed E-state index contributed by atoms with van der Waals surface area (Å²) in [6, 6.07) is -1.11. The molecule has 0 aromatic carbocycles. The average Bonchev–Trinajstić information content (AvgIpc) is 2.70. The lowest BCUT2D eigenvalue weighted by atomic mass is 9.55. The number of pyridine rings is 1. The standard InChI is InChI=1S/C22H25N3O7/c1-7-9-5-11-15(25(3)4)18(28)14(21(23)31)20(30)22(11,32)19(29)13(9)17(27)12-10(7)6-24-8(2)16(12)26/h6-7,9,11,15,26-27,30,32H,5H2,1-4H3,(H2,23,31)/t7-,9-,11+,15+,22+/m1/s1. The topological polar surface area (TPSA) is 174 Å². The van der Waals surface area contributed by atoms with Crippen LogP contribution in [0.3, 0.4) is 0 Å². The predicted molar refractivity (Wildman–Crippen MR) is 111 cm³/mol. The van der Waals surface area contributed by atoms with Crippen LogP contribution >= 0.6 is 0 Å². The highest BCUT2D eigenvalue weighted by Crippen LogP contribution is 2.55. The molecule has 1 fully saturated rings. The second kappa shape index (κ2) is 6.88. The Hall–Kier alpha value is -3.24. The molecular weight excluding hydrogens is 418 g/mol. The van der Waals surface area contributed by atoms with E-state index in [4.69, 9.17) is 5.73 Å². The number of nitrogens with two attached hydrogens (primary N) is 1. The second-order valence-corrected chi connectivity index (χ2v) is 8.98. The zero-order chi connectivity index (χ0) is 23.9. The molecule has 10 nitrogen and oxygen atoms in total. The fourth-order valence-corrected chi connectivity index (χ4v) is 5.51. The lowest BCUT2D eigenvalue weighted by molar-refractivity contribution is -0.154. The molecule has 0 saturated heterocycles. The smallest absolute Gasteiger partial charge is 0.255 e. The first-order valence-electron chi connectivity index (χ1n) is 10.2. The SMILES string of the molecule is Cc1ncc2c(c1O)C(O)=C1C(=O)[C@]3(O)C(O)=C(C(N)=O)C(=O)[C@@H](N(C)C)[C@@H]3C[C@@H]1[C@H]2C. The highest BCUT2D eigenvalue weighted by molar-refractivity contribution is 6.24. The number of carbonyl (C=O) groups excluding carboxylic acids is 3. The van der Waals surface area contributed by atoms with Gasteiger partial charge in [-0.25, -0.2) is 0 Å². The highest BCUT2D eigenvalue weighted by Gasteiger charge is 2.64. The predicted octanol–water partition coefficient (Wildman–Crippen LogP) is 0.228. The first kappa shape index (κ1) is 22.0. The molecule has 1 aromatic heterocycles. The van der Waals surface area contributed by atoms with Crippen molar-refractivity contribution in [2.24, 2.45) is 17.6 Å². The lowest BCUT2D eigenvalue weighted by Crippen LogP contribution is -2.65. The van der Waals surface area contributed by atoms with Crippen molar-refractivity contribution in [3.05, 3.63) is 39.9 Å². The minimum Gasteiger partial charge on any atom is -0.508 e. The summed E-state index contributed by atoms with van der Waals surface area (Å²) in [6.07, 6.45) is 1.56. The normalized spacial score (nSPS) is 32.1. The van der Waals surface area contributed by atoms with Gasteiger partial charge in [-0.15, -0.1) is 0 Å². The van der Waals surface area contributed by atoms with Crippen LogP contribution in [0, 0.1) is 18.8 Å². The molecule has 1 heterocycles. The van der Waals surface area contributed by atoms with Crippen LogP contribution in [0.25, 0.3) is 5.76 Å². The third kappa shape index (κ3) is 2.53. The molecule has 0 aliphatic heterocycles. The van der Waals surface area contributed by atoms with Crippen molar-refractivity contribution in [2.45, 2.75) is 37.8 Å². The Morgan fingerprint density at radius 2 is 1.88 bits per heavy atom. The van der Waals surface area contributed by atoms with Gasteiger partial charge in [0.2, 0.25) is 5.78 Å². The lowest BCUT2D eigenvalue weighted by Gasteiger charge is -2.51. The molecule has 1 amide bonds. The van der Waals surface area contributed by atoms with Gasteiger partial charge in [0.05, 0.1) is 17.3 Å². The first-order valence-corrected chi connectivity index (χ1v) is 10.2. The van der Waals surface area contributed by atoms with Crippen LogP contribution in [0.2, 0.25) is 0 Å². The maximum absolute atomic E-state index is 13.7. The number of Topliss-reactive ketones (excluding diaryl/α,β-unsaturated/α-hetero) is 2. The van der Waals surface area contributed by atoms with Gasteiger partial charge in [0.25, 0.3) is 5.91 Å². The second-order valence-electron chi connectivity index (χ2n) is 8.98. The molecule has 0 radical (unpaired) electrons. The minimum absolute atomic E-state index is 0.0429. The molecule has 1 saturated carbocycles. The molecule has 5 atom stereocenters. The van der Waals surface area contributed by atoms with Gasteiger partial charge < -0.3 is 26.2 Å². The summed E-state index contributed by atoms with van der Waals surface area (Å²) in [6.45, 7) is 3.34. The summed E-state index contributed by atoms with van der Waals surface area (Å²) < 4.78 is 0. The zero-order valence-electron chi connectivity index (χ0n) is 18.1. The molecular formula is C22H25N3O7. The Balaban J connectivity index is 2.02. The number of ketones is 2. The van der Waals surface area contributed by atoms with Gasteiger partial charge in [-0.3, -0.25) is 24.3 Å².